The first-order valence-corrected chi connectivity index (χ1v) is 14.5. The Bertz CT molecular complexity index is 1510. The summed E-state index contributed by atoms with van der Waals surface area (Å²) in [6.07, 6.45) is 3.22. The lowest BCUT2D eigenvalue weighted by molar-refractivity contribution is -0.154. The fraction of sp³-hybridized carbons (Fsp3) is 0.412. The van der Waals surface area contributed by atoms with Gasteiger partial charge in [-0.3, -0.25) is 9.36 Å². The Labute approximate surface area is 258 Å². The van der Waals surface area contributed by atoms with Crippen LogP contribution in [0.25, 0.3) is 10.9 Å². The van der Waals surface area contributed by atoms with E-state index in [1.54, 1.807) is 98.2 Å². The van der Waals surface area contributed by atoms with Crippen LogP contribution in [0.5, 0.6) is 5.75 Å². The topological polar surface area (TPSA) is 113 Å². The summed E-state index contributed by atoms with van der Waals surface area (Å²) in [5, 5.41) is 0.716. The average Bonchev–Trinajstić information content (AvgIpc) is 3.31. The van der Waals surface area contributed by atoms with Gasteiger partial charge in [-0.1, -0.05) is 30.3 Å². The first kappa shape index (κ1) is 33.9. The highest BCUT2D eigenvalue weighted by Crippen LogP contribution is 2.26. The summed E-state index contributed by atoms with van der Waals surface area (Å²) in [6.45, 7) is 12.3. The van der Waals surface area contributed by atoms with Gasteiger partial charge in [0.25, 0.3) is 0 Å². The number of ether oxygens (including phenoxy) is 4. The van der Waals surface area contributed by atoms with Crippen LogP contribution in [-0.4, -0.2) is 64.4 Å². The molecule has 10 nitrogen and oxygen atoms in total. The molecule has 0 unspecified atom stereocenters. The van der Waals surface area contributed by atoms with Crippen LogP contribution in [0.1, 0.15) is 59.6 Å². The second kappa shape index (κ2) is 14.2. The minimum atomic E-state index is -1.11. The van der Waals surface area contributed by atoms with Crippen molar-refractivity contribution >= 4 is 34.8 Å². The van der Waals surface area contributed by atoms with Gasteiger partial charge in [-0.05, 0) is 77.8 Å². The standard InChI is InChI=1S/C34H42N2O8/c1-9-42-31(39)28(20-24-22-36(32(40)44-34(5,6)7)27-13-11-10-12-26(24)27)35(21-23-14-16-25(41-8)17-15-23)29(37)18-19-30(38)43-33(2,3)4/h10-19,22,28H,9,20-21H2,1-8H3/b19-18+/t28-/m0/s1. The van der Waals surface area contributed by atoms with E-state index in [1.165, 1.54) is 9.47 Å². The van der Waals surface area contributed by atoms with Crippen molar-refractivity contribution in [2.45, 2.75) is 78.7 Å². The van der Waals surface area contributed by atoms with Crippen LogP contribution in [0.4, 0.5) is 4.79 Å². The minimum absolute atomic E-state index is 0.0235. The van der Waals surface area contributed by atoms with Gasteiger partial charge in [0.05, 0.1) is 19.2 Å². The highest BCUT2D eigenvalue weighted by atomic mass is 16.6. The Morgan fingerprint density at radius 3 is 2.11 bits per heavy atom. The summed E-state index contributed by atoms with van der Waals surface area (Å²) in [7, 11) is 1.55. The maximum atomic E-state index is 13.7. The Morgan fingerprint density at radius 2 is 1.52 bits per heavy atom. The molecule has 0 aliphatic carbocycles. The number of fused-ring (bicyclic) bond motifs is 1. The van der Waals surface area contributed by atoms with Gasteiger partial charge >= 0.3 is 18.0 Å². The van der Waals surface area contributed by atoms with Gasteiger partial charge in [-0.2, -0.15) is 0 Å². The Kier molecular flexibility index (Phi) is 11.0. The zero-order chi connectivity index (χ0) is 32.7. The molecule has 0 aliphatic rings. The minimum Gasteiger partial charge on any atom is -0.497 e. The third kappa shape index (κ3) is 9.45. The summed E-state index contributed by atoms with van der Waals surface area (Å²) in [6, 6.07) is 13.2. The lowest BCUT2D eigenvalue weighted by Crippen LogP contribution is -2.46. The smallest absolute Gasteiger partial charge is 0.419 e. The molecule has 0 aliphatic heterocycles. The number of hydrogen-bond acceptors (Lipinski definition) is 8. The van der Waals surface area contributed by atoms with E-state index >= 15 is 0 Å². The van der Waals surface area contributed by atoms with E-state index in [0.29, 0.717) is 22.2 Å². The van der Waals surface area contributed by atoms with Gasteiger partial charge in [-0.25, -0.2) is 14.4 Å². The number of carbonyl (C=O) groups excluding carboxylic acids is 4. The number of methoxy groups -OCH3 is 1. The SMILES string of the molecule is CCOC(=O)[C@H](Cc1cn(C(=O)OC(C)(C)C)c2ccccc12)N(Cc1ccc(OC)cc1)C(=O)/C=C/C(=O)OC(C)(C)C. The van der Waals surface area contributed by atoms with Crippen molar-refractivity contribution in [3.05, 3.63) is 78.0 Å². The van der Waals surface area contributed by atoms with E-state index in [2.05, 4.69) is 0 Å². The first-order valence-electron chi connectivity index (χ1n) is 14.5. The van der Waals surface area contributed by atoms with Gasteiger partial charge < -0.3 is 23.8 Å². The molecule has 44 heavy (non-hydrogen) atoms. The molecular formula is C34H42N2O8. The number of rotatable bonds is 10. The van der Waals surface area contributed by atoms with Crippen LogP contribution in [0.3, 0.4) is 0 Å². The van der Waals surface area contributed by atoms with E-state index in [9.17, 15) is 19.2 Å². The predicted molar refractivity (Wildman–Crippen MR) is 166 cm³/mol. The second-order valence-electron chi connectivity index (χ2n) is 12.2. The van der Waals surface area contributed by atoms with Crippen molar-refractivity contribution in [3.63, 3.8) is 0 Å². The van der Waals surface area contributed by atoms with E-state index in [1.807, 2.05) is 12.1 Å². The monoisotopic (exact) mass is 606 g/mol. The molecule has 1 aromatic heterocycles. The molecule has 1 atom stereocenters. The third-order valence-corrected chi connectivity index (χ3v) is 6.30. The number of esters is 2. The molecule has 3 rings (SSSR count). The second-order valence-corrected chi connectivity index (χ2v) is 12.2. The maximum absolute atomic E-state index is 13.7. The lowest BCUT2D eigenvalue weighted by atomic mass is 10.0. The van der Waals surface area contributed by atoms with E-state index in [0.717, 1.165) is 17.7 Å². The van der Waals surface area contributed by atoms with E-state index < -0.39 is 41.2 Å². The van der Waals surface area contributed by atoms with Crippen LogP contribution in [-0.2, 0) is 41.6 Å². The summed E-state index contributed by atoms with van der Waals surface area (Å²) in [4.78, 5) is 54.1. The molecule has 0 N–H and O–H groups in total. The van der Waals surface area contributed by atoms with Crippen LogP contribution < -0.4 is 4.74 Å². The zero-order valence-electron chi connectivity index (χ0n) is 26.7. The number of hydrogen-bond donors (Lipinski definition) is 0. The van der Waals surface area contributed by atoms with Gasteiger partial charge in [-0.15, -0.1) is 0 Å². The Morgan fingerprint density at radius 1 is 0.886 bits per heavy atom. The lowest BCUT2D eigenvalue weighted by Gasteiger charge is -2.30. The van der Waals surface area contributed by atoms with Crippen LogP contribution in [0.15, 0.2) is 66.9 Å². The average molecular weight is 607 g/mol. The molecule has 0 saturated carbocycles. The van der Waals surface area contributed by atoms with Crippen LogP contribution in [0.2, 0.25) is 0 Å². The van der Waals surface area contributed by atoms with Crippen molar-refractivity contribution in [1.29, 1.82) is 0 Å². The number of nitrogens with zero attached hydrogens (tertiary/aromatic N) is 2. The predicted octanol–water partition coefficient (Wildman–Crippen LogP) is 5.83. The number of benzene rings is 2. The molecule has 2 aromatic carbocycles. The highest BCUT2D eigenvalue weighted by molar-refractivity contribution is 5.97. The van der Waals surface area contributed by atoms with Crippen molar-refractivity contribution in [1.82, 2.24) is 9.47 Å². The Hall–Kier alpha value is -4.60. The molecule has 236 valence electrons. The summed E-state index contributed by atoms with van der Waals surface area (Å²) in [5.74, 6) is -1.29. The summed E-state index contributed by atoms with van der Waals surface area (Å²) >= 11 is 0. The summed E-state index contributed by atoms with van der Waals surface area (Å²) in [5.41, 5.74) is 0.474. The largest absolute Gasteiger partial charge is 0.497 e. The van der Waals surface area contributed by atoms with E-state index in [-0.39, 0.29) is 19.6 Å². The van der Waals surface area contributed by atoms with Crippen molar-refractivity contribution in [3.8, 4) is 5.75 Å². The number of aromatic nitrogens is 1. The molecule has 0 fully saturated rings. The highest BCUT2D eigenvalue weighted by Gasteiger charge is 2.32. The molecule has 1 heterocycles. The number of amides is 1. The molecule has 0 saturated heterocycles. The van der Waals surface area contributed by atoms with Gasteiger partial charge in [0.15, 0.2) is 0 Å². The maximum Gasteiger partial charge on any atom is 0.419 e. The van der Waals surface area contributed by atoms with Crippen molar-refractivity contribution in [2.75, 3.05) is 13.7 Å². The Balaban J connectivity index is 2.08. The molecule has 3 aromatic rings. The third-order valence-electron chi connectivity index (χ3n) is 6.30. The van der Waals surface area contributed by atoms with Crippen molar-refractivity contribution in [2.24, 2.45) is 0 Å². The molecule has 1 amide bonds. The number of carbonyl (C=O) groups is 4. The molecule has 0 spiro atoms. The van der Waals surface area contributed by atoms with Gasteiger partial charge in [0.2, 0.25) is 5.91 Å². The fourth-order valence-corrected chi connectivity index (χ4v) is 4.48. The quantitative estimate of drug-likeness (QED) is 0.161. The molecule has 0 bridgehead atoms. The van der Waals surface area contributed by atoms with E-state index in [4.69, 9.17) is 18.9 Å². The summed E-state index contributed by atoms with van der Waals surface area (Å²) < 4.78 is 23.0. The number of para-hydroxylation sites is 1. The fourth-order valence-electron chi connectivity index (χ4n) is 4.48. The first-order chi connectivity index (χ1) is 20.6. The van der Waals surface area contributed by atoms with Crippen LogP contribution >= 0.6 is 0 Å². The normalized spacial score (nSPS) is 12.5. The van der Waals surface area contributed by atoms with Gasteiger partial charge in [0.1, 0.15) is 23.0 Å². The molecule has 0 radical (unpaired) electrons. The van der Waals surface area contributed by atoms with Crippen LogP contribution in [0, 0.1) is 0 Å². The molecular weight excluding hydrogens is 564 g/mol. The van der Waals surface area contributed by atoms with Gasteiger partial charge in [0, 0.05) is 36.7 Å². The molecule has 10 heteroatoms. The zero-order valence-corrected chi connectivity index (χ0v) is 26.7. The van der Waals surface area contributed by atoms with Crippen molar-refractivity contribution < 1.29 is 38.1 Å².